The summed E-state index contributed by atoms with van der Waals surface area (Å²) in [5, 5.41) is 0. The largest absolute Gasteiger partial charge is 0.399 e. The smallest absolute Gasteiger partial charge is 0.394 e. The molecule has 1 aromatic rings. The van der Waals surface area contributed by atoms with Crippen molar-refractivity contribution in [1.82, 2.24) is 4.90 Å². The lowest BCUT2D eigenvalue weighted by Gasteiger charge is -2.36. The van der Waals surface area contributed by atoms with Crippen LogP contribution in [0.1, 0.15) is 25.8 Å². The number of anilines is 1. The van der Waals surface area contributed by atoms with Gasteiger partial charge in [-0.25, -0.2) is 0 Å². The molecule has 1 aliphatic rings. The van der Waals surface area contributed by atoms with E-state index in [0.717, 1.165) is 5.56 Å². The highest BCUT2D eigenvalue weighted by Crippen LogP contribution is 2.44. The van der Waals surface area contributed by atoms with Gasteiger partial charge in [0.25, 0.3) is 0 Å². The SMILES string of the molecule is CC1(C)C(C(F)(F)F)CCN1C(=O)Cc1ccc(N)cc1. The van der Waals surface area contributed by atoms with E-state index in [-0.39, 0.29) is 25.3 Å². The van der Waals surface area contributed by atoms with Crippen molar-refractivity contribution in [2.24, 2.45) is 5.92 Å². The lowest BCUT2D eigenvalue weighted by Crippen LogP contribution is -2.50. The van der Waals surface area contributed by atoms with Gasteiger partial charge in [-0.05, 0) is 38.0 Å². The van der Waals surface area contributed by atoms with E-state index in [9.17, 15) is 18.0 Å². The molecule has 1 fully saturated rings. The average Bonchev–Trinajstić information content (AvgIpc) is 2.67. The molecule has 0 aliphatic carbocycles. The standard InChI is InChI=1S/C15H19F3N2O/c1-14(2)12(15(16,17)18)7-8-20(14)13(21)9-10-3-5-11(19)6-4-10/h3-6,12H,7-9,19H2,1-2H3. The van der Waals surface area contributed by atoms with Crippen LogP contribution in [0.3, 0.4) is 0 Å². The molecule has 6 heteroatoms. The van der Waals surface area contributed by atoms with Crippen molar-refractivity contribution in [3.05, 3.63) is 29.8 Å². The van der Waals surface area contributed by atoms with E-state index >= 15 is 0 Å². The van der Waals surface area contributed by atoms with Crippen molar-refractivity contribution in [3.63, 3.8) is 0 Å². The van der Waals surface area contributed by atoms with Crippen molar-refractivity contribution < 1.29 is 18.0 Å². The molecule has 1 aromatic carbocycles. The highest BCUT2D eigenvalue weighted by Gasteiger charge is 2.55. The maximum atomic E-state index is 13.0. The molecule has 1 atom stereocenters. The fraction of sp³-hybridized carbons (Fsp3) is 0.533. The fourth-order valence-corrected chi connectivity index (χ4v) is 3.00. The zero-order valence-corrected chi connectivity index (χ0v) is 12.1. The Labute approximate surface area is 121 Å². The van der Waals surface area contributed by atoms with Gasteiger partial charge in [0.05, 0.1) is 12.3 Å². The first-order valence-corrected chi connectivity index (χ1v) is 6.84. The number of alkyl halides is 3. The Bertz CT molecular complexity index is 523. The average molecular weight is 300 g/mol. The zero-order chi connectivity index (χ0) is 15.8. The van der Waals surface area contributed by atoms with Gasteiger partial charge in [-0.1, -0.05) is 12.1 Å². The minimum absolute atomic E-state index is 0.0377. The quantitative estimate of drug-likeness (QED) is 0.853. The van der Waals surface area contributed by atoms with Gasteiger partial charge in [0, 0.05) is 17.8 Å². The summed E-state index contributed by atoms with van der Waals surface area (Å²) >= 11 is 0. The summed E-state index contributed by atoms with van der Waals surface area (Å²) < 4.78 is 39.0. The minimum Gasteiger partial charge on any atom is -0.399 e. The van der Waals surface area contributed by atoms with Gasteiger partial charge in [0.1, 0.15) is 0 Å². The molecule has 2 N–H and O–H groups in total. The molecule has 0 saturated carbocycles. The molecule has 0 spiro atoms. The van der Waals surface area contributed by atoms with Gasteiger partial charge < -0.3 is 10.6 Å². The summed E-state index contributed by atoms with van der Waals surface area (Å²) in [7, 11) is 0. The highest BCUT2D eigenvalue weighted by molar-refractivity contribution is 5.80. The van der Waals surface area contributed by atoms with E-state index in [1.165, 1.54) is 18.7 Å². The molecule has 21 heavy (non-hydrogen) atoms. The molecule has 1 saturated heterocycles. The van der Waals surface area contributed by atoms with E-state index in [4.69, 9.17) is 5.73 Å². The Kier molecular flexibility index (Phi) is 3.91. The predicted octanol–water partition coefficient (Wildman–Crippen LogP) is 3.00. The first-order valence-electron chi connectivity index (χ1n) is 6.84. The van der Waals surface area contributed by atoms with Crippen LogP contribution in [0.2, 0.25) is 0 Å². The Morgan fingerprint density at radius 1 is 1.33 bits per heavy atom. The van der Waals surface area contributed by atoms with E-state index in [1.807, 2.05) is 0 Å². The number of likely N-dealkylation sites (tertiary alicyclic amines) is 1. The summed E-state index contributed by atoms with van der Waals surface area (Å²) in [6.07, 6.45) is -4.22. The molecule has 1 aliphatic heterocycles. The Balaban J connectivity index is 2.11. The van der Waals surface area contributed by atoms with Crippen LogP contribution < -0.4 is 5.73 Å². The monoisotopic (exact) mass is 300 g/mol. The first-order chi connectivity index (χ1) is 9.62. The number of nitrogen functional groups attached to an aromatic ring is 1. The van der Waals surface area contributed by atoms with Gasteiger partial charge in [0.15, 0.2) is 0 Å². The topological polar surface area (TPSA) is 46.3 Å². The molecule has 1 heterocycles. The van der Waals surface area contributed by atoms with Crippen LogP contribution in [-0.4, -0.2) is 29.1 Å². The Morgan fingerprint density at radius 2 is 1.90 bits per heavy atom. The van der Waals surface area contributed by atoms with Crippen LogP contribution in [0.5, 0.6) is 0 Å². The van der Waals surface area contributed by atoms with Crippen LogP contribution in [0, 0.1) is 5.92 Å². The molecule has 0 aromatic heterocycles. The molecule has 1 amide bonds. The Hall–Kier alpha value is -1.72. The number of nitrogens with two attached hydrogens (primary N) is 1. The lowest BCUT2D eigenvalue weighted by molar-refractivity contribution is -0.192. The second-order valence-corrected chi connectivity index (χ2v) is 6.00. The number of carbonyl (C=O) groups is 1. The minimum atomic E-state index is -4.28. The second kappa shape index (κ2) is 5.24. The summed E-state index contributed by atoms with van der Waals surface area (Å²) in [6, 6.07) is 6.79. The molecule has 1 unspecified atom stereocenters. The number of halogens is 3. The molecule has 0 radical (unpaired) electrons. The van der Waals surface area contributed by atoms with Gasteiger partial charge in [-0.15, -0.1) is 0 Å². The highest BCUT2D eigenvalue weighted by atomic mass is 19.4. The molecular weight excluding hydrogens is 281 g/mol. The van der Waals surface area contributed by atoms with Crippen LogP contribution >= 0.6 is 0 Å². The third kappa shape index (κ3) is 3.14. The number of hydrogen-bond acceptors (Lipinski definition) is 2. The van der Waals surface area contributed by atoms with Gasteiger partial charge in [0.2, 0.25) is 5.91 Å². The molecule has 2 rings (SSSR count). The summed E-state index contributed by atoms with van der Waals surface area (Å²) in [6.45, 7) is 3.11. The van der Waals surface area contributed by atoms with Crippen molar-refractivity contribution in [1.29, 1.82) is 0 Å². The maximum absolute atomic E-state index is 13.0. The van der Waals surface area contributed by atoms with Gasteiger partial charge in [-0.3, -0.25) is 4.79 Å². The van der Waals surface area contributed by atoms with Gasteiger partial charge >= 0.3 is 6.18 Å². The van der Waals surface area contributed by atoms with Crippen LogP contribution in [0.25, 0.3) is 0 Å². The van der Waals surface area contributed by atoms with Crippen LogP contribution in [0.15, 0.2) is 24.3 Å². The number of hydrogen-bond donors (Lipinski definition) is 1. The Morgan fingerprint density at radius 3 is 2.38 bits per heavy atom. The van der Waals surface area contributed by atoms with Gasteiger partial charge in [-0.2, -0.15) is 13.2 Å². The summed E-state index contributed by atoms with van der Waals surface area (Å²) in [5.41, 5.74) is 5.70. The number of rotatable bonds is 2. The van der Waals surface area contributed by atoms with Crippen molar-refractivity contribution in [3.8, 4) is 0 Å². The molecular formula is C15H19F3N2O. The number of nitrogens with zero attached hydrogens (tertiary/aromatic N) is 1. The number of carbonyl (C=O) groups excluding carboxylic acids is 1. The first kappa shape index (κ1) is 15.7. The van der Waals surface area contributed by atoms with E-state index in [0.29, 0.717) is 5.69 Å². The van der Waals surface area contributed by atoms with Crippen molar-refractivity contribution in [2.45, 2.75) is 38.4 Å². The predicted molar refractivity (Wildman–Crippen MR) is 74.5 cm³/mol. The van der Waals surface area contributed by atoms with Crippen molar-refractivity contribution in [2.75, 3.05) is 12.3 Å². The van der Waals surface area contributed by atoms with Crippen LogP contribution in [-0.2, 0) is 11.2 Å². The van der Waals surface area contributed by atoms with Crippen molar-refractivity contribution >= 4 is 11.6 Å². The third-order valence-corrected chi connectivity index (χ3v) is 4.22. The zero-order valence-electron chi connectivity index (χ0n) is 12.1. The lowest BCUT2D eigenvalue weighted by atomic mass is 9.87. The van der Waals surface area contributed by atoms with Crippen LogP contribution in [0.4, 0.5) is 18.9 Å². The van der Waals surface area contributed by atoms with E-state index < -0.39 is 17.6 Å². The normalized spacial score (nSPS) is 21.6. The second-order valence-electron chi connectivity index (χ2n) is 6.00. The van der Waals surface area contributed by atoms with E-state index in [1.54, 1.807) is 24.3 Å². The summed E-state index contributed by atoms with van der Waals surface area (Å²) in [4.78, 5) is 13.7. The molecule has 116 valence electrons. The third-order valence-electron chi connectivity index (χ3n) is 4.22. The fourth-order valence-electron chi connectivity index (χ4n) is 3.00. The summed E-state index contributed by atoms with van der Waals surface area (Å²) in [5.74, 6) is -1.75. The molecule has 0 bridgehead atoms. The number of benzene rings is 1. The maximum Gasteiger partial charge on any atom is 0.394 e. The molecule has 3 nitrogen and oxygen atoms in total. The number of amides is 1. The van der Waals surface area contributed by atoms with E-state index in [2.05, 4.69) is 0 Å².